The zero-order chi connectivity index (χ0) is 26.2. The summed E-state index contributed by atoms with van der Waals surface area (Å²) in [6.07, 6.45) is 11.0. The maximum atomic E-state index is 12.4. The standard InChI is InChI=1S/C30H44O7/c1-17-27(32)24(34-4)15-26(36-17)37-20-7-10-28(2)19(14-20)5-6-23-22(28)8-11-29(3)21(9-12-30(23,29)33)18-13-25(31)35-16-18/h9,13,17,19-20,22-24,26-27,32-33H,5-8,10-12,14-16H2,1-4H3/t17-,19+,20-,22-,23+,24-,26-,27-,28-,29+,30-/m0/s1. The number of aliphatic hydroxyl groups excluding tert-OH is 1. The Morgan fingerprint density at radius 2 is 1.89 bits per heavy atom. The molecule has 206 valence electrons. The van der Waals surface area contributed by atoms with Gasteiger partial charge in [0.1, 0.15) is 12.7 Å². The van der Waals surface area contributed by atoms with Gasteiger partial charge >= 0.3 is 5.97 Å². The number of aliphatic hydroxyl groups is 2. The Morgan fingerprint density at radius 3 is 2.62 bits per heavy atom. The van der Waals surface area contributed by atoms with Crippen LogP contribution in [-0.2, 0) is 23.7 Å². The average Bonchev–Trinajstić information content (AvgIpc) is 3.41. The summed E-state index contributed by atoms with van der Waals surface area (Å²) >= 11 is 0. The quantitative estimate of drug-likeness (QED) is 0.430. The molecular formula is C30H44O7. The summed E-state index contributed by atoms with van der Waals surface area (Å²) in [6, 6.07) is 0. The van der Waals surface area contributed by atoms with E-state index in [9.17, 15) is 15.0 Å². The fourth-order valence-corrected chi connectivity index (χ4v) is 9.44. The van der Waals surface area contributed by atoms with E-state index in [0.717, 1.165) is 56.1 Å². The van der Waals surface area contributed by atoms with Crippen LogP contribution in [0.3, 0.4) is 0 Å². The van der Waals surface area contributed by atoms with Crippen LogP contribution in [0.25, 0.3) is 0 Å². The summed E-state index contributed by atoms with van der Waals surface area (Å²) in [6.45, 7) is 6.91. The van der Waals surface area contributed by atoms with Crippen LogP contribution in [0.5, 0.6) is 0 Å². The Kier molecular flexibility index (Phi) is 6.43. The predicted molar refractivity (Wildman–Crippen MR) is 136 cm³/mol. The van der Waals surface area contributed by atoms with Crippen molar-refractivity contribution in [3.8, 4) is 0 Å². The summed E-state index contributed by atoms with van der Waals surface area (Å²) in [4.78, 5) is 11.8. The highest BCUT2D eigenvalue weighted by Crippen LogP contribution is 2.68. The summed E-state index contributed by atoms with van der Waals surface area (Å²) in [7, 11) is 1.64. The van der Waals surface area contributed by atoms with Gasteiger partial charge in [0.2, 0.25) is 0 Å². The third-order valence-electron chi connectivity index (χ3n) is 11.7. The zero-order valence-corrected chi connectivity index (χ0v) is 22.8. The molecule has 3 saturated carbocycles. The maximum Gasteiger partial charge on any atom is 0.331 e. The van der Waals surface area contributed by atoms with Gasteiger partial charge in [0, 0.05) is 30.6 Å². The lowest BCUT2D eigenvalue weighted by Crippen LogP contribution is -2.62. The average molecular weight is 517 g/mol. The second kappa shape index (κ2) is 9.16. The summed E-state index contributed by atoms with van der Waals surface area (Å²) in [5.74, 6) is 1.07. The smallest absolute Gasteiger partial charge is 0.331 e. The highest BCUT2D eigenvalue weighted by Gasteiger charge is 2.65. The zero-order valence-electron chi connectivity index (χ0n) is 22.8. The number of rotatable bonds is 4. The van der Waals surface area contributed by atoms with Crippen molar-refractivity contribution < 1.29 is 34.0 Å². The molecule has 0 spiro atoms. The second-order valence-corrected chi connectivity index (χ2v) is 13.2. The van der Waals surface area contributed by atoms with Crippen LogP contribution in [0, 0.1) is 28.6 Å². The van der Waals surface area contributed by atoms with E-state index >= 15 is 0 Å². The first-order valence-corrected chi connectivity index (χ1v) is 14.4. The molecular weight excluding hydrogens is 472 g/mol. The minimum absolute atomic E-state index is 0.156. The minimum Gasteiger partial charge on any atom is -0.458 e. The second-order valence-electron chi connectivity index (χ2n) is 13.2. The first kappa shape index (κ1) is 26.0. The van der Waals surface area contributed by atoms with Gasteiger partial charge < -0.3 is 29.2 Å². The van der Waals surface area contributed by atoms with E-state index in [0.29, 0.717) is 31.3 Å². The Morgan fingerprint density at radius 1 is 1.08 bits per heavy atom. The van der Waals surface area contributed by atoms with Crippen LogP contribution in [0.2, 0.25) is 0 Å². The molecule has 6 rings (SSSR count). The number of esters is 1. The summed E-state index contributed by atoms with van der Waals surface area (Å²) in [5.41, 5.74) is 1.21. The van der Waals surface area contributed by atoms with Crippen LogP contribution in [0.1, 0.15) is 78.6 Å². The molecule has 0 amide bonds. The van der Waals surface area contributed by atoms with Gasteiger partial charge in [0.15, 0.2) is 6.29 Å². The molecule has 6 aliphatic rings. The van der Waals surface area contributed by atoms with Gasteiger partial charge in [0.25, 0.3) is 0 Å². The SMILES string of the molecule is CO[C@H]1C[C@H](O[C@H]2CC[C@@]3(C)[C@H](CC[C@@H]4[C@@H]3CC[C@]3(C)C(C5=CC(=O)OC5)=CC[C@]43O)C2)O[C@@H](C)[C@@H]1O. The van der Waals surface area contributed by atoms with Gasteiger partial charge in [-0.2, -0.15) is 0 Å². The molecule has 11 atom stereocenters. The lowest BCUT2D eigenvalue weighted by atomic mass is 9.43. The van der Waals surface area contributed by atoms with Crippen molar-refractivity contribution in [1.82, 2.24) is 0 Å². The maximum absolute atomic E-state index is 12.4. The third-order valence-corrected chi connectivity index (χ3v) is 11.7. The van der Waals surface area contributed by atoms with E-state index in [1.807, 2.05) is 6.92 Å². The molecule has 7 nitrogen and oxygen atoms in total. The number of carbonyl (C=O) groups excluding carboxylic acids is 1. The number of hydrogen-bond donors (Lipinski definition) is 2. The lowest BCUT2D eigenvalue weighted by Gasteiger charge is -2.63. The van der Waals surface area contributed by atoms with Crippen LogP contribution in [-0.4, -0.2) is 66.2 Å². The fraction of sp³-hybridized carbons (Fsp3) is 0.833. The van der Waals surface area contributed by atoms with Crippen molar-refractivity contribution in [2.75, 3.05) is 13.7 Å². The molecule has 0 aromatic heterocycles. The molecule has 2 heterocycles. The van der Waals surface area contributed by atoms with E-state index in [1.54, 1.807) is 13.2 Å². The molecule has 0 unspecified atom stereocenters. The van der Waals surface area contributed by atoms with Crippen molar-refractivity contribution in [1.29, 1.82) is 0 Å². The topological polar surface area (TPSA) is 94.5 Å². The van der Waals surface area contributed by atoms with E-state index in [-0.39, 0.29) is 47.3 Å². The van der Waals surface area contributed by atoms with Gasteiger partial charge in [0.05, 0.1) is 23.9 Å². The number of fused-ring (bicyclic) bond motifs is 5. The highest BCUT2D eigenvalue weighted by atomic mass is 16.7. The number of methoxy groups -OCH3 is 1. The molecule has 37 heavy (non-hydrogen) atoms. The molecule has 0 aromatic rings. The van der Waals surface area contributed by atoms with E-state index in [1.165, 1.54) is 0 Å². The molecule has 4 aliphatic carbocycles. The molecule has 4 fully saturated rings. The predicted octanol–water partition coefficient (Wildman–Crippen LogP) is 4.06. The number of hydrogen-bond acceptors (Lipinski definition) is 7. The first-order valence-electron chi connectivity index (χ1n) is 14.4. The van der Waals surface area contributed by atoms with E-state index < -0.39 is 11.7 Å². The van der Waals surface area contributed by atoms with Crippen molar-refractivity contribution in [3.05, 3.63) is 23.3 Å². The Bertz CT molecular complexity index is 990. The van der Waals surface area contributed by atoms with Crippen LogP contribution < -0.4 is 0 Å². The van der Waals surface area contributed by atoms with Gasteiger partial charge in [-0.1, -0.05) is 19.9 Å². The van der Waals surface area contributed by atoms with Crippen LogP contribution in [0.15, 0.2) is 23.3 Å². The Labute approximate surface area is 220 Å². The fourth-order valence-electron chi connectivity index (χ4n) is 9.44. The first-order chi connectivity index (χ1) is 17.6. The van der Waals surface area contributed by atoms with Crippen molar-refractivity contribution in [2.24, 2.45) is 28.6 Å². The van der Waals surface area contributed by atoms with Crippen molar-refractivity contribution >= 4 is 5.97 Å². The van der Waals surface area contributed by atoms with Crippen molar-refractivity contribution in [3.63, 3.8) is 0 Å². The third kappa shape index (κ3) is 3.90. The number of ether oxygens (including phenoxy) is 4. The molecule has 2 N–H and O–H groups in total. The van der Waals surface area contributed by atoms with E-state index in [2.05, 4.69) is 19.9 Å². The summed E-state index contributed by atoms with van der Waals surface area (Å²) < 4.78 is 23.2. The Hall–Kier alpha value is -1.25. The normalized spacial score (nSPS) is 51.5. The van der Waals surface area contributed by atoms with Crippen LogP contribution >= 0.6 is 0 Å². The highest BCUT2D eigenvalue weighted by molar-refractivity contribution is 5.86. The van der Waals surface area contributed by atoms with Gasteiger partial charge in [-0.25, -0.2) is 4.79 Å². The molecule has 0 aromatic carbocycles. The Balaban J connectivity index is 1.15. The lowest BCUT2D eigenvalue weighted by molar-refractivity contribution is -0.273. The van der Waals surface area contributed by atoms with Crippen molar-refractivity contribution in [2.45, 2.75) is 115 Å². The molecule has 2 aliphatic heterocycles. The largest absolute Gasteiger partial charge is 0.458 e. The van der Waals surface area contributed by atoms with E-state index in [4.69, 9.17) is 18.9 Å². The van der Waals surface area contributed by atoms with Crippen LogP contribution in [0.4, 0.5) is 0 Å². The molecule has 1 saturated heterocycles. The van der Waals surface area contributed by atoms with Gasteiger partial charge in [-0.15, -0.1) is 0 Å². The summed E-state index contributed by atoms with van der Waals surface area (Å²) in [5, 5.41) is 22.7. The number of cyclic esters (lactones) is 1. The molecule has 0 bridgehead atoms. The molecule has 0 radical (unpaired) electrons. The van der Waals surface area contributed by atoms with Gasteiger partial charge in [-0.05, 0) is 87.0 Å². The van der Waals surface area contributed by atoms with Gasteiger partial charge in [-0.3, -0.25) is 0 Å². The minimum atomic E-state index is -0.763. The molecule has 7 heteroatoms. The monoisotopic (exact) mass is 516 g/mol. The number of carbonyl (C=O) groups is 1.